The summed E-state index contributed by atoms with van der Waals surface area (Å²) in [7, 11) is 1.76. The maximum absolute atomic E-state index is 5.02. The first-order chi connectivity index (χ1) is 8.36. The summed E-state index contributed by atoms with van der Waals surface area (Å²) >= 11 is 0. The normalized spacial score (nSPS) is 10.9. The number of hydrogen-bond donors (Lipinski definition) is 1. The van der Waals surface area contributed by atoms with Gasteiger partial charge in [-0.15, -0.1) is 0 Å². The molecular weight excluding hydrogens is 212 g/mol. The molecular formula is C14H26N2O. The van der Waals surface area contributed by atoms with Crippen molar-refractivity contribution in [1.82, 2.24) is 9.88 Å². The fourth-order valence-electron chi connectivity index (χ4n) is 1.90. The number of rotatable bonds is 10. The maximum atomic E-state index is 5.02. The van der Waals surface area contributed by atoms with Gasteiger partial charge < -0.3 is 14.6 Å². The van der Waals surface area contributed by atoms with E-state index in [9.17, 15) is 0 Å². The summed E-state index contributed by atoms with van der Waals surface area (Å²) in [6.45, 7) is 6.30. The molecule has 0 atom stereocenters. The Morgan fingerprint density at radius 1 is 1.29 bits per heavy atom. The molecule has 98 valence electrons. The van der Waals surface area contributed by atoms with Gasteiger partial charge in [0.1, 0.15) is 0 Å². The van der Waals surface area contributed by atoms with Gasteiger partial charge in [-0.1, -0.05) is 6.92 Å². The van der Waals surface area contributed by atoms with Crippen molar-refractivity contribution in [3.05, 3.63) is 24.0 Å². The van der Waals surface area contributed by atoms with E-state index >= 15 is 0 Å². The predicted molar refractivity (Wildman–Crippen MR) is 72.2 cm³/mol. The van der Waals surface area contributed by atoms with Gasteiger partial charge in [-0.25, -0.2) is 0 Å². The molecule has 0 aliphatic rings. The Labute approximate surface area is 105 Å². The van der Waals surface area contributed by atoms with Gasteiger partial charge in [0.25, 0.3) is 0 Å². The second kappa shape index (κ2) is 9.25. The Balaban J connectivity index is 2.01. The lowest BCUT2D eigenvalue weighted by Crippen LogP contribution is -2.14. The minimum atomic E-state index is 0.889. The van der Waals surface area contributed by atoms with Crippen molar-refractivity contribution in [2.45, 2.75) is 45.7 Å². The van der Waals surface area contributed by atoms with E-state index in [2.05, 4.69) is 35.3 Å². The number of unbranched alkanes of at least 4 members (excludes halogenated alkanes) is 2. The van der Waals surface area contributed by atoms with Gasteiger partial charge in [0.2, 0.25) is 0 Å². The van der Waals surface area contributed by atoms with E-state index < -0.39 is 0 Å². The molecule has 1 aromatic rings. The van der Waals surface area contributed by atoms with Crippen molar-refractivity contribution >= 4 is 0 Å². The number of ether oxygens (including phenoxy) is 1. The number of hydrogen-bond acceptors (Lipinski definition) is 2. The standard InChI is InChI=1S/C14H26N2O/c1-3-9-16-10-7-14(13-16)12-15-8-5-4-6-11-17-2/h7,10,13,15H,3-6,8-9,11-12H2,1-2H3. The lowest BCUT2D eigenvalue weighted by Gasteiger charge is -2.03. The van der Waals surface area contributed by atoms with E-state index in [0.717, 1.165) is 26.2 Å². The van der Waals surface area contributed by atoms with Crippen molar-refractivity contribution < 1.29 is 4.74 Å². The van der Waals surface area contributed by atoms with Gasteiger partial charge in [0, 0.05) is 39.2 Å². The van der Waals surface area contributed by atoms with Gasteiger partial charge in [-0.3, -0.25) is 0 Å². The van der Waals surface area contributed by atoms with E-state index in [4.69, 9.17) is 4.74 Å². The molecule has 1 heterocycles. The van der Waals surface area contributed by atoms with Crippen LogP contribution in [0.2, 0.25) is 0 Å². The monoisotopic (exact) mass is 238 g/mol. The van der Waals surface area contributed by atoms with Crippen LogP contribution in [0.15, 0.2) is 18.5 Å². The topological polar surface area (TPSA) is 26.2 Å². The van der Waals surface area contributed by atoms with Gasteiger partial charge in [0.15, 0.2) is 0 Å². The maximum Gasteiger partial charge on any atom is 0.0462 e. The zero-order chi connectivity index (χ0) is 12.3. The van der Waals surface area contributed by atoms with Crippen LogP contribution in [0.3, 0.4) is 0 Å². The Morgan fingerprint density at radius 3 is 2.94 bits per heavy atom. The van der Waals surface area contributed by atoms with Crippen LogP contribution in [-0.4, -0.2) is 24.8 Å². The van der Waals surface area contributed by atoms with E-state index in [1.54, 1.807) is 7.11 Å². The average Bonchev–Trinajstić information content (AvgIpc) is 2.76. The second-order valence-electron chi connectivity index (χ2n) is 4.49. The summed E-state index contributed by atoms with van der Waals surface area (Å²) in [5.74, 6) is 0. The first-order valence-corrected chi connectivity index (χ1v) is 6.71. The first-order valence-electron chi connectivity index (χ1n) is 6.71. The van der Waals surface area contributed by atoms with Crippen LogP contribution in [0.4, 0.5) is 0 Å². The number of aryl methyl sites for hydroxylation is 1. The van der Waals surface area contributed by atoms with Crippen molar-refractivity contribution in [3.63, 3.8) is 0 Å². The highest BCUT2D eigenvalue weighted by atomic mass is 16.5. The molecule has 0 aromatic carbocycles. The first kappa shape index (κ1) is 14.3. The fraction of sp³-hybridized carbons (Fsp3) is 0.714. The molecule has 0 saturated heterocycles. The fourth-order valence-corrected chi connectivity index (χ4v) is 1.90. The van der Waals surface area contributed by atoms with E-state index in [0.29, 0.717) is 0 Å². The van der Waals surface area contributed by atoms with E-state index in [1.165, 1.54) is 31.2 Å². The molecule has 0 aliphatic heterocycles. The quantitative estimate of drug-likeness (QED) is 0.634. The zero-order valence-corrected chi connectivity index (χ0v) is 11.2. The summed E-state index contributed by atoms with van der Waals surface area (Å²) in [6.07, 6.45) is 9.25. The van der Waals surface area contributed by atoms with Crippen LogP contribution in [0, 0.1) is 0 Å². The molecule has 1 rings (SSSR count). The molecule has 0 radical (unpaired) electrons. The largest absolute Gasteiger partial charge is 0.385 e. The number of methoxy groups -OCH3 is 1. The van der Waals surface area contributed by atoms with Crippen LogP contribution in [0.1, 0.15) is 38.2 Å². The Morgan fingerprint density at radius 2 is 2.18 bits per heavy atom. The predicted octanol–water partition coefficient (Wildman–Crippen LogP) is 2.80. The Kier molecular flexibility index (Phi) is 7.76. The molecule has 1 aromatic heterocycles. The van der Waals surface area contributed by atoms with Gasteiger partial charge in [-0.2, -0.15) is 0 Å². The summed E-state index contributed by atoms with van der Waals surface area (Å²) < 4.78 is 7.28. The van der Waals surface area contributed by atoms with Crippen LogP contribution in [0.25, 0.3) is 0 Å². The Hall–Kier alpha value is -0.800. The summed E-state index contributed by atoms with van der Waals surface area (Å²) in [5.41, 5.74) is 1.38. The van der Waals surface area contributed by atoms with Gasteiger partial charge >= 0.3 is 0 Å². The van der Waals surface area contributed by atoms with E-state index in [-0.39, 0.29) is 0 Å². The van der Waals surface area contributed by atoms with Crippen LogP contribution < -0.4 is 5.32 Å². The van der Waals surface area contributed by atoms with Crippen molar-refractivity contribution in [1.29, 1.82) is 0 Å². The molecule has 3 heteroatoms. The number of aromatic nitrogens is 1. The molecule has 0 spiro atoms. The molecule has 0 amide bonds. The highest BCUT2D eigenvalue weighted by Gasteiger charge is 1.96. The second-order valence-corrected chi connectivity index (χ2v) is 4.49. The molecule has 17 heavy (non-hydrogen) atoms. The van der Waals surface area contributed by atoms with E-state index in [1.807, 2.05) is 0 Å². The van der Waals surface area contributed by atoms with Crippen molar-refractivity contribution in [2.24, 2.45) is 0 Å². The zero-order valence-electron chi connectivity index (χ0n) is 11.2. The average molecular weight is 238 g/mol. The van der Waals surface area contributed by atoms with Crippen LogP contribution >= 0.6 is 0 Å². The minimum Gasteiger partial charge on any atom is -0.385 e. The lowest BCUT2D eigenvalue weighted by atomic mass is 10.2. The number of nitrogens with zero attached hydrogens (tertiary/aromatic N) is 1. The molecule has 0 bridgehead atoms. The summed E-state index contributed by atoms with van der Waals surface area (Å²) in [5, 5.41) is 3.48. The third kappa shape index (κ3) is 6.49. The van der Waals surface area contributed by atoms with Crippen molar-refractivity contribution in [2.75, 3.05) is 20.3 Å². The third-order valence-electron chi connectivity index (χ3n) is 2.82. The molecule has 3 nitrogen and oxygen atoms in total. The summed E-state index contributed by atoms with van der Waals surface area (Å²) in [4.78, 5) is 0. The molecule has 0 fully saturated rings. The lowest BCUT2D eigenvalue weighted by molar-refractivity contribution is 0.192. The van der Waals surface area contributed by atoms with Crippen molar-refractivity contribution in [3.8, 4) is 0 Å². The highest BCUT2D eigenvalue weighted by Crippen LogP contribution is 2.02. The number of nitrogens with one attached hydrogen (secondary N) is 1. The SMILES string of the molecule is CCCn1ccc(CNCCCCCOC)c1. The Bertz CT molecular complexity index is 284. The van der Waals surface area contributed by atoms with Gasteiger partial charge in [-0.05, 0) is 43.9 Å². The molecule has 0 unspecified atom stereocenters. The van der Waals surface area contributed by atoms with Crippen LogP contribution in [0.5, 0.6) is 0 Å². The molecule has 0 aliphatic carbocycles. The smallest absolute Gasteiger partial charge is 0.0462 e. The highest BCUT2D eigenvalue weighted by molar-refractivity contribution is 5.09. The molecule has 0 saturated carbocycles. The van der Waals surface area contributed by atoms with Gasteiger partial charge in [0.05, 0.1) is 0 Å². The minimum absolute atomic E-state index is 0.889. The molecule has 1 N–H and O–H groups in total. The van der Waals surface area contributed by atoms with Crippen LogP contribution in [-0.2, 0) is 17.8 Å². The third-order valence-corrected chi connectivity index (χ3v) is 2.82. The summed E-state index contributed by atoms with van der Waals surface area (Å²) in [6, 6.07) is 2.20.